The molecule has 0 saturated carbocycles. The molecule has 33 heavy (non-hydrogen) atoms. The van der Waals surface area contributed by atoms with Crippen molar-refractivity contribution in [2.75, 3.05) is 25.2 Å². The Kier molecular flexibility index (Phi) is 7.17. The largest absolute Gasteiger partial charge is 0.301 e. The van der Waals surface area contributed by atoms with Crippen LogP contribution in [0.15, 0.2) is 65.1 Å². The summed E-state index contributed by atoms with van der Waals surface area (Å²) in [4.78, 5) is 19.1. The van der Waals surface area contributed by atoms with Gasteiger partial charge < -0.3 is 5.32 Å². The second-order valence-corrected chi connectivity index (χ2v) is 9.33. The highest BCUT2D eigenvalue weighted by molar-refractivity contribution is 7.99. The molecule has 170 valence electrons. The lowest BCUT2D eigenvalue weighted by molar-refractivity contribution is -0.113. The van der Waals surface area contributed by atoms with Crippen molar-refractivity contribution in [3.63, 3.8) is 0 Å². The minimum absolute atomic E-state index is 0.0427. The lowest BCUT2D eigenvalue weighted by atomic mass is 10.2. The Hall–Kier alpha value is -3.08. The number of carbonyl (C=O) groups is 1. The summed E-state index contributed by atoms with van der Waals surface area (Å²) >= 11 is 2.64. The lowest BCUT2D eigenvalue weighted by Gasteiger charge is -2.20. The molecule has 0 aliphatic rings. The number of anilines is 1. The van der Waals surface area contributed by atoms with Gasteiger partial charge in [-0.05, 0) is 57.4 Å². The molecule has 2 aromatic heterocycles. The van der Waals surface area contributed by atoms with Crippen LogP contribution in [0.2, 0.25) is 0 Å². The average molecular weight is 483 g/mol. The van der Waals surface area contributed by atoms with Crippen molar-refractivity contribution in [3.05, 3.63) is 71.6 Å². The molecule has 0 radical (unpaired) electrons. The number of aromatic nitrogens is 4. The van der Waals surface area contributed by atoms with E-state index in [1.165, 1.54) is 35.2 Å². The normalized spacial score (nSPS) is 12.2. The third-order valence-electron chi connectivity index (χ3n) is 5.04. The topological polar surface area (TPSA) is 75.9 Å². The predicted molar refractivity (Wildman–Crippen MR) is 130 cm³/mol. The van der Waals surface area contributed by atoms with Crippen molar-refractivity contribution in [3.8, 4) is 16.9 Å². The lowest BCUT2D eigenvalue weighted by Crippen LogP contribution is -2.21. The molecule has 1 amide bonds. The number of nitrogens with one attached hydrogen (secondary N) is 1. The molecule has 0 spiro atoms. The molecule has 0 aliphatic heterocycles. The molecular weight excluding hydrogens is 459 g/mol. The van der Waals surface area contributed by atoms with Gasteiger partial charge >= 0.3 is 0 Å². The summed E-state index contributed by atoms with van der Waals surface area (Å²) in [5, 5.41) is 14.5. The van der Waals surface area contributed by atoms with Gasteiger partial charge in [0.15, 0.2) is 16.1 Å². The number of halogens is 1. The van der Waals surface area contributed by atoms with E-state index in [0.29, 0.717) is 16.0 Å². The van der Waals surface area contributed by atoms with Crippen molar-refractivity contribution in [1.82, 2.24) is 24.6 Å². The number of nitrogens with zero attached hydrogens (tertiary/aromatic N) is 5. The maximum absolute atomic E-state index is 13.1. The Balaban J connectivity index is 1.46. The number of thioether (sulfide) groups is 1. The number of hydrogen-bond donors (Lipinski definition) is 1. The van der Waals surface area contributed by atoms with E-state index < -0.39 is 0 Å². The van der Waals surface area contributed by atoms with Crippen LogP contribution in [0.3, 0.4) is 0 Å². The highest BCUT2D eigenvalue weighted by atomic mass is 32.2. The van der Waals surface area contributed by atoms with Crippen LogP contribution in [0.1, 0.15) is 18.8 Å². The summed E-state index contributed by atoms with van der Waals surface area (Å²) < 4.78 is 15.1. The fraction of sp³-hybridized carbons (Fsp3) is 0.217. The molecular formula is C23H23FN6OS2. The van der Waals surface area contributed by atoms with Crippen LogP contribution < -0.4 is 5.32 Å². The van der Waals surface area contributed by atoms with Gasteiger partial charge in [0.05, 0.1) is 17.5 Å². The first-order chi connectivity index (χ1) is 15.9. The van der Waals surface area contributed by atoms with Gasteiger partial charge in [0.25, 0.3) is 0 Å². The third kappa shape index (κ3) is 5.47. The van der Waals surface area contributed by atoms with Crippen LogP contribution in [-0.2, 0) is 4.79 Å². The number of amides is 1. The Morgan fingerprint density at radius 2 is 1.88 bits per heavy atom. The zero-order valence-corrected chi connectivity index (χ0v) is 20.0. The number of benzene rings is 2. The first kappa shape index (κ1) is 23.1. The van der Waals surface area contributed by atoms with Crippen molar-refractivity contribution >= 4 is 34.1 Å². The smallest absolute Gasteiger partial charge is 0.236 e. The quantitative estimate of drug-likeness (QED) is 0.361. The Bertz CT molecular complexity index is 1220. The van der Waals surface area contributed by atoms with E-state index in [9.17, 15) is 9.18 Å². The first-order valence-corrected chi connectivity index (χ1v) is 12.1. The van der Waals surface area contributed by atoms with E-state index in [4.69, 9.17) is 0 Å². The van der Waals surface area contributed by atoms with Gasteiger partial charge in [0.1, 0.15) is 5.82 Å². The molecule has 0 saturated heterocycles. The maximum atomic E-state index is 13.1. The maximum Gasteiger partial charge on any atom is 0.236 e. The molecule has 0 aliphatic carbocycles. The molecule has 2 heterocycles. The minimum atomic E-state index is -0.300. The predicted octanol–water partition coefficient (Wildman–Crippen LogP) is 4.88. The van der Waals surface area contributed by atoms with E-state index in [-0.39, 0.29) is 23.5 Å². The Morgan fingerprint density at radius 3 is 2.58 bits per heavy atom. The van der Waals surface area contributed by atoms with Crippen LogP contribution >= 0.6 is 23.1 Å². The number of hydrogen-bond acceptors (Lipinski definition) is 7. The summed E-state index contributed by atoms with van der Waals surface area (Å²) in [5.41, 5.74) is 2.42. The van der Waals surface area contributed by atoms with Crippen LogP contribution in [-0.4, -0.2) is 50.4 Å². The van der Waals surface area contributed by atoms with Crippen LogP contribution in [0.25, 0.3) is 16.9 Å². The van der Waals surface area contributed by atoms with Gasteiger partial charge in [0, 0.05) is 16.6 Å². The van der Waals surface area contributed by atoms with Gasteiger partial charge in [-0.1, -0.05) is 30.0 Å². The third-order valence-corrected chi connectivity index (χ3v) is 6.73. The van der Waals surface area contributed by atoms with Gasteiger partial charge in [-0.25, -0.2) is 9.37 Å². The first-order valence-electron chi connectivity index (χ1n) is 10.2. The van der Waals surface area contributed by atoms with Gasteiger partial charge in [-0.15, -0.1) is 21.5 Å². The van der Waals surface area contributed by atoms with Crippen LogP contribution in [0.4, 0.5) is 9.52 Å². The second-order valence-electron chi connectivity index (χ2n) is 7.53. The molecule has 4 rings (SSSR count). The summed E-state index contributed by atoms with van der Waals surface area (Å²) in [6, 6.07) is 16.0. The van der Waals surface area contributed by atoms with Crippen molar-refractivity contribution in [2.45, 2.75) is 18.1 Å². The highest BCUT2D eigenvalue weighted by Gasteiger charge is 2.21. The van der Waals surface area contributed by atoms with E-state index in [2.05, 4.69) is 32.3 Å². The molecule has 4 aromatic rings. The number of thiazole rings is 1. The zero-order valence-electron chi connectivity index (χ0n) is 18.4. The van der Waals surface area contributed by atoms with Crippen LogP contribution in [0, 0.1) is 5.82 Å². The summed E-state index contributed by atoms with van der Waals surface area (Å²) in [5.74, 6) is 0.473. The standard InChI is InChI=1S/C23H23FN6OS2/c1-15(29(2)3)21-27-28-23(30(21)18-7-5-4-6-8-18)33-14-20(31)26-22-25-19(13-32-22)16-9-11-17(24)12-10-16/h4-13,15H,14H2,1-3H3,(H,25,26,31)/t15-/m0/s1. The van der Waals surface area contributed by atoms with E-state index in [0.717, 1.165) is 17.1 Å². The Morgan fingerprint density at radius 1 is 1.15 bits per heavy atom. The van der Waals surface area contributed by atoms with Crippen LogP contribution in [0.5, 0.6) is 0 Å². The van der Waals surface area contributed by atoms with Gasteiger partial charge in [-0.3, -0.25) is 14.3 Å². The van der Waals surface area contributed by atoms with Crippen molar-refractivity contribution in [2.24, 2.45) is 0 Å². The van der Waals surface area contributed by atoms with E-state index in [1.54, 1.807) is 12.1 Å². The molecule has 0 fully saturated rings. The molecule has 0 bridgehead atoms. The molecule has 1 N–H and O–H groups in total. The summed E-state index contributed by atoms with van der Waals surface area (Å²) in [6.45, 7) is 2.06. The molecule has 2 aromatic carbocycles. The molecule has 7 nitrogen and oxygen atoms in total. The number of rotatable bonds is 8. The molecule has 10 heteroatoms. The molecule has 1 atom stereocenters. The van der Waals surface area contributed by atoms with E-state index in [1.807, 2.05) is 54.4 Å². The average Bonchev–Trinajstić information content (AvgIpc) is 3.45. The zero-order chi connectivity index (χ0) is 23.4. The summed E-state index contributed by atoms with van der Waals surface area (Å²) in [6.07, 6.45) is 0. The second kappa shape index (κ2) is 10.2. The van der Waals surface area contributed by atoms with Gasteiger partial charge in [0.2, 0.25) is 5.91 Å². The minimum Gasteiger partial charge on any atom is -0.301 e. The fourth-order valence-electron chi connectivity index (χ4n) is 3.07. The van der Waals surface area contributed by atoms with Crippen molar-refractivity contribution < 1.29 is 9.18 Å². The highest BCUT2D eigenvalue weighted by Crippen LogP contribution is 2.28. The number of para-hydroxylation sites is 1. The summed E-state index contributed by atoms with van der Waals surface area (Å²) in [7, 11) is 3.98. The molecule has 0 unspecified atom stereocenters. The SMILES string of the molecule is C[C@@H](c1nnc(SCC(=O)Nc2nc(-c3ccc(F)cc3)cs2)n1-c1ccccc1)N(C)C. The number of carbonyl (C=O) groups excluding carboxylic acids is 1. The Labute approximate surface area is 199 Å². The fourth-order valence-corrected chi connectivity index (χ4v) is 4.56. The monoisotopic (exact) mass is 482 g/mol. The van der Waals surface area contributed by atoms with E-state index >= 15 is 0 Å². The van der Waals surface area contributed by atoms with Crippen molar-refractivity contribution in [1.29, 1.82) is 0 Å². The van der Waals surface area contributed by atoms with Gasteiger partial charge in [-0.2, -0.15) is 0 Å².